The molecule has 0 bridgehead atoms. The monoisotopic (exact) mass is 397 g/mol. The number of carbonyl (C=O) groups excluding carboxylic acids is 4. The molecule has 0 saturated carbocycles. The van der Waals surface area contributed by atoms with Crippen LogP contribution in [0.5, 0.6) is 0 Å². The predicted octanol–water partition coefficient (Wildman–Crippen LogP) is 1.12. The van der Waals surface area contributed by atoms with Crippen molar-refractivity contribution in [1.29, 1.82) is 0 Å². The van der Waals surface area contributed by atoms with Gasteiger partial charge in [-0.15, -0.1) is 6.42 Å². The van der Waals surface area contributed by atoms with Gasteiger partial charge in [0.15, 0.2) is 0 Å². The average Bonchev–Trinajstić information content (AvgIpc) is 2.80. The Bertz CT molecular complexity index is 152. The van der Waals surface area contributed by atoms with Crippen molar-refractivity contribution in [1.82, 2.24) is 6.15 Å². The molecule has 3 N–H and O–H groups in total. The van der Waals surface area contributed by atoms with Crippen LogP contribution in [-0.4, -0.2) is 27.2 Å². The van der Waals surface area contributed by atoms with Crippen molar-refractivity contribution in [2.75, 3.05) is 0 Å². The molecule has 93 valence electrons. The molecule has 0 aliphatic heterocycles. The van der Waals surface area contributed by atoms with Crippen molar-refractivity contribution in [3.05, 3.63) is 23.8 Å². The quantitative estimate of drug-likeness (QED) is 0.617. The number of allylic oxidation sites excluding steroid dienone is 4. The van der Waals surface area contributed by atoms with Gasteiger partial charge in [-0.25, -0.2) is 11.6 Å². The molecule has 6 heteroatoms. The molecule has 16 heavy (non-hydrogen) atoms. The van der Waals surface area contributed by atoms with Crippen LogP contribution in [0.1, 0.15) is 13.3 Å². The Labute approximate surface area is 112 Å². The van der Waals surface area contributed by atoms with E-state index in [2.05, 4.69) is 25.2 Å². The minimum Gasteiger partial charge on any atom is -0.344 e. The fourth-order valence-corrected chi connectivity index (χ4v) is 0.515. The van der Waals surface area contributed by atoms with Crippen LogP contribution >= 0.6 is 0 Å². The molecule has 5 nitrogen and oxygen atoms in total. The third-order valence-corrected chi connectivity index (χ3v) is 0.867. The van der Waals surface area contributed by atoms with Crippen LogP contribution in [0.4, 0.5) is 0 Å². The molecular formula is C10H18NO4Ta-. The van der Waals surface area contributed by atoms with Gasteiger partial charge in [0, 0.05) is 22.4 Å². The molecule has 0 fully saturated rings. The summed E-state index contributed by atoms with van der Waals surface area (Å²) in [5.41, 5.74) is 1.27. The molecule has 0 atom stereocenters. The number of rotatable bonds is 0. The molecule has 1 radical (unpaired) electrons. The second-order valence-electron chi connectivity index (χ2n) is 1.47. The van der Waals surface area contributed by atoms with E-state index in [4.69, 9.17) is 19.2 Å². The Morgan fingerprint density at radius 1 is 1.00 bits per heavy atom. The van der Waals surface area contributed by atoms with Crippen LogP contribution in [0.2, 0.25) is 0 Å². The molecule has 0 aromatic rings. The Morgan fingerprint density at radius 2 is 1.31 bits per heavy atom. The van der Waals surface area contributed by atoms with E-state index < -0.39 is 0 Å². The molecular weight excluding hydrogens is 379 g/mol. The van der Waals surface area contributed by atoms with Gasteiger partial charge in [0.1, 0.15) is 27.2 Å². The van der Waals surface area contributed by atoms with Crippen molar-refractivity contribution in [3.8, 4) is 0 Å². The van der Waals surface area contributed by atoms with Crippen LogP contribution in [0.15, 0.2) is 17.7 Å². The Balaban J connectivity index is -0.0000000221. The maximum atomic E-state index is 8.00. The van der Waals surface area contributed by atoms with E-state index >= 15 is 0 Å². The first kappa shape index (κ1) is 36.4. The van der Waals surface area contributed by atoms with Gasteiger partial charge in [0.05, 0.1) is 0 Å². The second-order valence-corrected chi connectivity index (χ2v) is 1.47. The van der Waals surface area contributed by atoms with Crippen molar-refractivity contribution in [2.45, 2.75) is 13.3 Å². The zero-order valence-electron chi connectivity index (χ0n) is 9.48. The Morgan fingerprint density at radius 3 is 1.38 bits per heavy atom. The average molecular weight is 397 g/mol. The van der Waals surface area contributed by atoms with Crippen LogP contribution in [0.3, 0.4) is 0 Å². The van der Waals surface area contributed by atoms with E-state index in [0.717, 1.165) is 6.42 Å². The van der Waals surface area contributed by atoms with Gasteiger partial charge in [-0.3, -0.25) is 6.08 Å². The molecule has 0 unspecified atom stereocenters. The van der Waals surface area contributed by atoms with Crippen molar-refractivity contribution in [3.63, 3.8) is 0 Å². The summed E-state index contributed by atoms with van der Waals surface area (Å²) < 4.78 is 0. The van der Waals surface area contributed by atoms with Gasteiger partial charge in [-0.2, -0.15) is 6.08 Å². The first-order valence-electron chi connectivity index (χ1n) is 3.29. The Kier molecular flexibility index (Phi) is 152. The number of carbonyl (C=O) groups is 4. The van der Waals surface area contributed by atoms with Crippen molar-refractivity contribution in [2.24, 2.45) is 0 Å². The van der Waals surface area contributed by atoms with Crippen molar-refractivity contribution < 1.29 is 41.6 Å². The van der Waals surface area contributed by atoms with Crippen LogP contribution in [-0.2, 0) is 41.6 Å². The standard InChI is InChI=1S/C6H7.4CH2O.H3N.Ta/c1-6-4-2-3-5-6;4*1-2;;/h2,4H,3H2,1H3;4*1H2;1H3;/q-1;;;;;;. The SMILES string of the molecule is C=O.C=O.C=O.C=O.CC1=[C-]CC=C1.N.[Ta]. The first-order chi connectivity index (χ1) is 6.89. The van der Waals surface area contributed by atoms with Gasteiger partial charge in [-0.1, -0.05) is 6.92 Å². The number of hydrogen-bond donors (Lipinski definition) is 1. The molecule has 0 aromatic carbocycles. The number of hydrogen-bond acceptors (Lipinski definition) is 5. The van der Waals surface area contributed by atoms with E-state index in [-0.39, 0.29) is 28.5 Å². The zero-order chi connectivity index (χ0) is 12.4. The van der Waals surface area contributed by atoms with Crippen LogP contribution < -0.4 is 6.15 Å². The van der Waals surface area contributed by atoms with Gasteiger partial charge in [0.25, 0.3) is 0 Å². The van der Waals surface area contributed by atoms with E-state index in [1.165, 1.54) is 5.57 Å². The normalized spacial score (nSPS) is 7.94. The molecule has 0 spiro atoms. The summed E-state index contributed by atoms with van der Waals surface area (Å²) in [6.07, 6.45) is 8.33. The molecule has 0 saturated heterocycles. The first-order valence-corrected chi connectivity index (χ1v) is 3.29. The topological polar surface area (TPSA) is 103 Å². The summed E-state index contributed by atoms with van der Waals surface area (Å²) in [7, 11) is 0. The molecule has 1 aliphatic carbocycles. The maximum absolute atomic E-state index is 8.00. The van der Waals surface area contributed by atoms with Gasteiger partial charge in [0.2, 0.25) is 0 Å². The second kappa shape index (κ2) is 66.7. The summed E-state index contributed by atoms with van der Waals surface area (Å²) in [4.78, 5) is 32.0. The van der Waals surface area contributed by atoms with E-state index in [1.54, 1.807) is 0 Å². The minimum atomic E-state index is 0. The molecule has 1 aliphatic rings. The molecule has 0 aromatic heterocycles. The van der Waals surface area contributed by atoms with Gasteiger partial charge >= 0.3 is 0 Å². The fraction of sp³-hybridized carbons (Fsp3) is 0.200. The predicted molar refractivity (Wildman–Crippen MR) is 59.7 cm³/mol. The van der Waals surface area contributed by atoms with E-state index in [1.807, 2.05) is 27.2 Å². The summed E-state index contributed by atoms with van der Waals surface area (Å²) in [5.74, 6) is 0. The van der Waals surface area contributed by atoms with E-state index in [9.17, 15) is 0 Å². The molecule has 0 heterocycles. The van der Waals surface area contributed by atoms with E-state index in [0.29, 0.717) is 0 Å². The third kappa shape index (κ3) is 52.7. The smallest absolute Gasteiger partial charge is 0.106 e. The minimum absolute atomic E-state index is 0. The maximum Gasteiger partial charge on any atom is 0.106 e. The molecule has 0 amide bonds. The summed E-state index contributed by atoms with van der Waals surface area (Å²) in [6, 6.07) is 0. The van der Waals surface area contributed by atoms with Gasteiger partial charge in [-0.05, 0) is 0 Å². The van der Waals surface area contributed by atoms with Gasteiger partial charge < -0.3 is 25.3 Å². The Hall–Kier alpha value is -1.14. The summed E-state index contributed by atoms with van der Waals surface area (Å²) >= 11 is 0. The zero-order valence-corrected chi connectivity index (χ0v) is 12.7. The summed E-state index contributed by atoms with van der Waals surface area (Å²) in [6.45, 7) is 10.1. The third-order valence-electron chi connectivity index (χ3n) is 0.867. The van der Waals surface area contributed by atoms with Crippen LogP contribution in [0.25, 0.3) is 0 Å². The van der Waals surface area contributed by atoms with Crippen molar-refractivity contribution >= 4 is 27.2 Å². The fourth-order valence-electron chi connectivity index (χ4n) is 0.515. The summed E-state index contributed by atoms with van der Waals surface area (Å²) in [5, 5.41) is 0. The largest absolute Gasteiger partial charge is 0.344 e. The van der Waals surface area contributed by atoms with Crippen LogP contribution in [0, 0.1) is 6.08 Å². The molecule has 1 rings (SSSR count).